The summed E-state index contributed by atoms with van der Waals surface area (Å²) in [6.07, 6.45) is -10.4. The fraction of sp³-hybridized carbons (Fsp3) is 0.684. The molecular weight excluding hydrogens is 781 g/mol. The van der Waals surface area contributed by atoms with Gasteiger partial charge in [-0.15, -0.1) is 0 Å². The van der Waals surface area contributed by atoms with Crippen LogP contribution < -0.4 is 27.4 Å². The molecule has 0 radical (unpaired) electrons. The van der Waals surface area contributed by atoms with Gasteiger partial charge in [0.05, 0.1) is 11.3 Å². The molecule has 3 rings (SSSR count). The number of rotatable bonds is 8. The largest absolute Gasteiger partial charge is 0.421 e. The van der Waals surface area contributed by atoms with Crippen LogP contribution in [0.25, 0.3) is 0 Å². The Morgan fingerprint density at radius 1 is 0.552 bits per heavy atom. The number of halogens is 9. The van der Waals surface area contributed by atoms with Crippen LogP contribution in [0.5, 0.6) is 0 Å². The lowest BCUT2D eigenvalue weighted by Gasteiger charge is -2.34. The number of alkyl halides is 9. The molecule has 0 spiro atoms. The van der Waals surface area contributed by atoms with Crippen LogP contribution in [0.2, 0.25) is 0 Å². The first-order valence-electron chi connectivity index (χ1n) is 18.1. The quantitative estimate of drug-likeness (QED) is 0.137. The van der Waals surface area contributed by atoms with Crippen molar-refractivity contribution in [3.63, 3.8) is 0 Å². The van der Waals surface area contributed by atoms with Gasteiger partial charge < -0.3 is 27.4 Å². The van der Waals surface area contributed by atoms with Crippen LogP contribution in [0.1, 0.15) is 126 Å². The van der Waals surface area contributed by atoms with E-state index in [1.807, 2.05) is 55.4 Å². The summed E-state index contributed by atoms with van der Waals surface area (Å²) in [7, 11) is 0. The Balaban J connectivity index is 0.000000834. The molecule has 3 aromatic rings. The molecule has 0 aromatic carbocycles. The maximum absolute atomic E-state index is 12.7. The Morgan fingerprint density at radius 3 is 1.19 bits per heavy atom. The van der Waals surface area contributed by atoms with E-state index in [0.29, 0.717) is 18.3 Å². The second-order valence-corrected chi connectivity index (χ2v) is 17.1. The Labute approximate surface area is 336 Å². The summed E-state index contributed by atoms with van der Waals surface area (Å²) in [6, 6.07) is 0.107. The van der Waals surface area contributed by atoms with Gasteiger partial charge in [-0.05, 0) is 42.4 Å². The van der Waals surface area contributed by atoms with Crippen molar-refractivity contribution < 1.29 is 39.5 Å². The molecule has 0 aliphatic rings. The first-order valence-corrected chi connectivity index (χ1v) is 18.1. The lowest BCUT2D eigenvalue weighted by Crippen LogP contribution is -2.39. The molecule has 0 amide bonds. The number of aromatic nitrogens is 6. The molecule has 3 heterocycles. The molecule has 0 saturated heterocycles. The first-order chi connectivity index (χ1) is 25.5. The van der Waals surface area contributed by atoms with Gasteiger partial charge in [-0.3, -0.25) is 0 Å². The lowest BCUT2D eigenvalue weighted by molar-refractivity contribution is -0.139. The second kappa shape index (κ2) is 20.0. The fourth-order valence-electron chi connectivity index (χ4n) is 5.20. The molecule has 7 N–H and O–H groups in total. The van der Waals surface area contributed by atoms with Crippen molar-refractivity contribution in [3.05, 3.63) is 41.0 Å². The summed E-state index contributed by atoms with van der Waals surface area (Å²) in [5.74, 6) is -0.365. The normalized spacial score (nSPS) is 14.1. The van der Waals surface area contributed by atoms with Gasteiger partial charge in [-0.25, -0.2) is 19.9 Å². The third-order valence-corrected chi connectivity index (χ3v) is 8.82. The predicted octanol–water partition coefficient (Wildman–Crippen LogP) is 11.2. The van der Waals surface area contributed by atoms with E-state index in [0.717, 1.165) is 12.6 Å². The zero-order chi connectivity index (χ0) is 44.7. The third kappa shape index (κ3) is 16.8. The van der Waals surface area contributed by atoms with Crippen molar-refractivity contribution in [3.8, 4) is 0 Å². The smallest absolute Gasteiger partial charge is 0.383 e. The van der Waals surface area contributed by atoms with Gasteiger partial charge >= 0.3 is 18.5 Å². The molecule has 332 valence electrons. The van der Waals surface area contributed by atoms with Crippen molar-refractivity contribution >= 4 is 29.5 Å². The minimum absolute atomic E-state index is 0. The molecule has 58 heavy (non-hydrogen) atoms. The SMILES string of the molecule is C.CC[C@H](Nc1ncc(C(F)(F)F)c(N)n1)C(C)(C)C.C[C@H](Nc1ncc(C(F)(F)F)c(N)n1)C(C)(C)C.Cc1nc(N[C@@H](C(C)C)C(C)(C)C)ncc1C(F)(F)F. The summed E-state index contributed by atoms with van der Waals surface area (Å²) in [5, 5.41) is 9.10. The van der Waals surface area contributed by atoms with Gasteiger partial charge in [0.2, 0.25) is 17.8 Å². The molecular formula is C38H62F9N11. The number of nitrogens with zero attached hydrogens (tertiary/aromatic N) is 6. The average Bonchev–Trinajstić information content (AvgIpc) is 2.99. The maximum Gasteiger partial charge on any atom is 0.421 e. The molecule has 3 aromatic heterocycles. The van der Waals surface area contributed by atoms with Crippen LogP contribution in [0.15, 0.2) is 18.6 Å². The van der Waals surface area contributed by atoms with E-state index in [1.54, 1.807) is 0 Å². The van der Waals surface area contributed by atoms with Crippen LogP contribution in [-0.2, 0) is 18.5 Å². The molecule has 0 bridgehead atoms. The van der Waals surface area contributed by atoms with Crippen molar-refractivity contribution in [2.45, 2.75) is 147 Å². The predicted molar refractivity (Wildman–Crippen MR) is 213 cm³/mol. The van der Waals surface area contributed by atoms with Gasteiger partial charge in [0.15, 0.2) is 0 Å². The first kappa shape index (κ1) is 53.6. The van der Waals surface area contributed by atoms with E-state index in [2.05, 4.69) is 80.5 Å². The van der Waals surface area contributed by atoms with Crippen LogP contribution in [0.3, 0.4) is 0 Å². The van der Waals surface area contributed by atoms with Crippen LogP contribution in [0, 0.1) is 29.1 Å². The second-order valence-electron chi connectivity index (χ2n) is 17.1. The van der Waals surface area contributed by atoms with Gasteiger partial charge in [0.1, 0.15) is 22.8 Å². The van der Waals surface area contributed by atoms with Crippen LogP contribution in [0.4, 0.5) is 69.0 Å². The zero-order valence-corrected chi connectivity index (χ0v) is 35.0. The minimum Gasteiger partial charge on any atom is -0.383 e. The summed E-state index contributed by atoms with van der Waals surface area (Å²) < 4.78 is 113. The van der Waals surface area contributed by atoms with Gasteiger partial charge in [-0.1, -0.05) is 90.5 Å². The number of nitrogens with one attached hydrogen (secondary N) is 3. The van der Waals surface area contributed by atoms with Gasteiger partial charge in [-0.2, -0.15) is 49.5 Å². The van der Waals surface area contributed by atoms with E-state index in [-0.39, 0.29) is 65.3 Å². The van der Waals surface area contributed by atoms with Crippen molar-refractivity contribution in [2.24, 2.45) is 22.2 Å². The third-order valence-electron chi connectivity index (χ3n) is 8.82. The Morgan fingerprint density at radius 2 is 0.914 bits per heavy atom. The number of nitrogen functional groups attached to an aromatic ring is 2. The van der Waals surface area contributed by atoms with E-state index < -0.39 is 46.9 Å². The molecule has 0 aliphatic heterocycles. The van der Waals surface area contributed by atoms with E-state index in [1.165, 1.54) is 6.92 Å². The average molecular weight is 844 g/mol. The Hall–Kier alpha value is -4.39. The Kier molecular flexibility index (Phi) is 18.5. The number of hydrogen-bond acceptors (Lipinski definition) is 11. The summed E-state index contributed by atoms with van der Waals surface area (Å²) in [6.45, 7) is 27.6. The standard InChI is InChI=1S/C14H22F3N3.C12H19F3N4.C11H17F3N4.CH4/c1-8(2)11(13(4,5)6)20-12-18-7-10(9(3)19-12)14(15,16)17;1-5-8(11(2,3)4)18-10-17-6-7(9(16)19-10)12(13,14)15;1-6(10(2,3)4)17-9-16-5-7(8(15)18-9)11(12,13)14;/h7-8,11H,1-6H3,(H,18,19,20);6,8H,5H2,1-4H3,(H3,16,17,18,19);5-6H,1-4H3,(H3,15,16,17,18);1H4/t11-;8-;6-;/m000./s1. The molecule has 20 heteroatoms. The van der Waals surface area contributed by atoms with Crippen molar-refractivity contribution in [1.29, 1.82) is 0 Å². The van der Waals surface area contributed by atoms with Gasteiger partial charge in [0, 0.05) is 36.7 Å². The van der Waals surface area contributed by atoms with Gasteiger partial charge in [0.25, 0.3) is 0 Å². The molecule has 0 saturated carbocycles. The molecule has 0 unspecified atom stereocenters. The number of nitrogens with two attached hydrogens (primary N) is 2. The highest BCUT2D eigenvalue weighted by molar-refractivity contribution is 5.46. The molecule has 0 fully saturated rings. The highest BCUT2D eigenvalue weighted by Gasteiger charge is 2.37. The number of anilines is 5. The van der Waals surface area contributed by atoms with Crippen LogP contribution >= 0.6 is 0 Å². The number of aryl methyl sites for hydroxylation is 1. The van der Waals surface area contributed by atoms with E-state index >= 15 is 0 Å². The molecule has 0 aliphatic carbocycles. The molecule has 3 atom stereocenters. The number of hydrogen-bond donors (Lipinski definition) is 5. The fourth-order valence-corrected chi connectivity index (χ4v) is 5.20. The topological polar surface area (TPSA) is 165 Å². The Bertz CT molecular complexity index is 1720. The summed E-state index contributed by atoms with van der Waals surface area (Å²) in [4.78, 5) is 22.4. The maximum atomic E-state index is 12.7. The lowest BCUT2D eigenvalue weighted by atomic mass is 9.80. The zero-order valence-electron chi connectivity index (χ0n) is 35.0. The van der Waals surface area contributed by atoms with E-state index in [4.69, 9.17) is 11.5 Å². The summed E-state index contributed by atoms with van der Waals surface area (Å²) in [5.41, 5.74) is 7.54. The minimum atomic E-state index is -4.53. The van der Waals surface area contributed by atoms with E-state index in [9.17, 15) is 39.5 Å². The highest BCUT2D eigenvalue weighted by atomic mass is 19.4. The van der Waals surface area contributed by atoms with Crippen LogP contribution in [-0.4, -0.2) is 48.0 Å². The highest BCUT2D eigenvalue weighted by Crippen LogP contribution is 2.35. The summed E-state index contributed by atoms with van der Waals surface area (Å²) >= 11 is 0. The van der Waals surface area contributed by atoms with Crippen molar-refractivity contribution in [1.82, 2.24) is 29.9 Å². The molecule has 11 nitrogen and oxygen atoms in total. The van der Waals surface area contributed by atoms with Crippen molar-refractivity contribution in [2.75, 3.05) is 27.4 Å². The monoisotopic (exact) mass is 844 g/mol.